The Labute approximate surface area is 203 Å². The Morgan fingerprint density at radius 3 is 2.80 bits per heavy atom. The van der Waals surface area contributed by atoms with Crippen LogP contribution in [0.3, 0.4) is 0 Å². The number of benzene rings is 2. The highest BCUT2D eigenvalue weighted by Crippen LogP contribution is 2.32. The average Bonchev–Trinajstić information content (AvgIpc) is 3.45. The largest absolute Gasteiger partial charge is 0.457 e. The number of anilines is 1. The molecule has 0 unspecified atom stereocenters. The number of hydrogen-bond donors (Lipinski definition) is 3. The Morgan fingerprint density at radius 2 is 1.97 bits per heavy atom. The lowest BCUT2D eigenvalue weighted by molar-refractivity contribution is -0.111. The third-order valence-corrected chi connectivity index (χ3v) is 5.80. The second kappa shape index (κ2) is 9.06. The first-order valence-electron chi connectivity index (χ1n) is 11.4. The summed E-state index contributed by atoms with van der Waals surface area (Å²) in [4.78, 5) is 33.3. The van der Waals surface area contributed by atoms with Crippen molar-refractivity contribution in [3.8, 4) is 11.5 Å². The molecule has 0 saturated heterocycles. The zero-order valence-electron chi connectivity index (χ0n) is 19.5. The van der Waals surface area contributed by atoms with E-state index in [-0.39, 0.29) is 11.8 Å². The lowest BCUT2D eigenvalue weighted by Crippen LogP contribution is -2.32. The monoisotopic (exact) mass is 467 g/mol. The van der Waals surface area contributed by atoms with Crippen LogP contribution in [0.15, 0.2) is 71.9 Å². The predicted molar refractivity (Wildman–Crippen MR) is 135 cm³/mol. The molecule has 2 amide bonds. The van der Waals surface area contributed by atoms with E-state index in [1.54, 1.807) is 30.5 Å². The standard InChI is InChI=1S/C27H25N5O3/c1-27(2)22-15-18(7-8-21(22)26(34)32-27)31-24(33)9-6-17-4-3-5-19(14-17)35-20-10-11-28-23(16-20)25-29-12-13-30-25/h3-11,14-16H,12-13H2,1-2H3,(H,29,30)(H,31,33)(H,32,34). The lowest BCUT2D eigenvalue weighted by Gasteiger charge is -2.19. The van der Waals surface area contributed by atoms with Gasteiger partial charge in [0.15, 0.2) is 0 Å². The van der Waals surface area contributed by atoms with E-state index in [1.165, 1.54) is 6.08 Å². The summed E-state index contributed by atoms with van der Waals surface area (Å²) in [6, 6.07) is 16.4. The van der Waals surface area contributed by atoms with Gasteiger partial charge in [-0.3, -0.25) is 19.6 Å². The molecular formula is C27H25N5O3. The minimum atomic E-state index is -0.472. The van der Waals surface area contributed by atoms with Crippen molar-refractivity contribution < 1.29 is 14.3 Å². The first kappa shape index (κ1) is 22.3. The summed E-state index contributed by atoms with van der Waals surface area (Å²) >= 11 is 0. The van der Waals surface area contributed by atoms with Crippen LogP contribution >= 0.6 is 0 Å². The van der Waals surface area contributed by atoms with Crippen molar-refractivity contribution in [1.82, 2.24) is 15.6 Å². The van der Waals surface area contributed by atoms with E-state index in [0.29, 0.717) is 22.7 Å². The van der Waals surface area contributed by atoms with Crippen molar-refractivity contribution in [2.75, 3.05) is 18.4 Å². The molecule has 5 rings (SSSR count). The molecule has 2 aromatic carbocycles. The Morgan fingerprint density at radius 1 is 1.11 bits per heavy atom. The molecule has 0 spiro atoms. The molecule has 35 heavy (non-hydrogen) atoms. The van der Waals surface area contributed by atoms with Crippen LogP contribution < -0.4 is 20.7 Å². The van der Waals surface area contributed by atoms with Gasteiger partial charge in [-0.2, -0.15) is 0 Å². The van der Waals surface area contributed by atoms with Gasteiger partial charge in [0.25, 0.3) is 5.91 Å². The average molecular weight is 468 g/mol. The molecule has 2 aliphatic heterocycles. The molecule has 176 valence electrons. The summed E-state index contributed by atoms with van der Waals surface area (Å²) in [5.41, 5.74) is 3.22. The van der Waals surface area contributed by atoms with Gasteiger partial charge in [0.1, 0.15) is 23.0 Å². The molecule has 0 saturated carbocycles. The van der Waals surface area contributed by atoms with Crippen LogP contribution in [0.5, 0.6) is 11.5 Å². The number of fused-ring (bicyclic) bond motifs is 1. The van der Waals surface area contributed by atoms with Crippen molar-refractivity contribution in [3.63, 3.8) is 0 Å². The number of amides is 2. The number of amidine groups is 1. The molecule has 0 bridgehead atoms. The maximum absolute atomic E-state index is 12.5. The minimum Gasteiger partial charge on any atom is -0.457 e. The molecule has 8 heteroatoms. The van der Waals surface area contributed by atoms with Gasteiger partial charge in [-0.25, -0.2) is 0 Å². The molecule has 0 radical (unpaired) electrons. The Hall–Kier alpha value is -4.46. The molecule has 0 atom stereocenters. The molecule has 3 heterocycles. The molecule has 1 aromatic heterocycles. The first-order chi connectivity index (χ1) is 16.9. The number of ether oxygens (including phenoxy) is 1. The van der Waals surface area contributed by atoms with E-state index < -0.39 is 5.54 Å². The molecule has 0 aliphatic carbocycles. The van der Waals surface area contributed by atoms with E-state index in [4.69, 9.17) is 4.74 Å². The summed E-state index contributed by atoms with van der Waals surface area (Å²) in [5.74, 6) is 1.70. The molecule has 2 aliphatic rings. The quantitative estimate of drug-likeness (QED) is 0.478. The molecule has 8 nitrogen and oxygen atoms in total. The number of nitrogens with zero attached hydrogens (tertiary/aromatic N) is 2. The second-order valence-corrected chi connectivity index (χ2v) is 8.87. The maximum Gasteiger partial charge on any atom is 0.252 e. The van der Waals surface area contributed by atoms with Gasteiger partial charge in [-0.15, -0.1) is 0 Å². The summed E-state index contributed by atoms with van der Waals surface area (Å²) in [6.45, 7) is 5.42. The van der Waals surface area contributed by atoms with E-state index in [2.05, 4.69) is 25.9 Å². The van der Waals surface area contributed by atoms with Gasteiger partial charge in [0.2, 0.25) is 5.91 Å². The maximum atomic E-state index is 12.5. The van der Waals surface area contributed by atoms with Gasteiger partial charge < -0.3 is 20.7 Å². The van der Waals surface area contributed by atoms with Crippen molar-refractivity contribution in [3.05, 3.63) is 89.3 Å². The summed E-state index contributed by atoms with van der Waals surface area (Å²) in [7, 11) is 0. The number of carbonyl (C=O) groups is 2. The summed E-state index contributed by atoms with van der Waals surface area (Å²) in [5, 5.41) is 9.00. The van der Waals surface area contributed by atoms with Gasteiger partial charge in [0.05, 0.1) is 12.1 Å². The van der Waals surface area contributed by atoms with Crippen molar-refractivity contribution in [2.45, 2.75) is 19.4 Å². The fourth-order valence-electron chi connectivity index (χ4n) is 4.10. The molecule has 0 fully saturated rings. The van der Waals surface area contributed by atoms with Crippen LogP contribution in [0.2, 0.25) is 0 Å². The lowest BCUT2D eigenvalue weighted by atomic mass is 9.94. The van der Waals surface area contributed by atoms with E-state index >= 15 is 0 Å². The minimum absolute atomic E-state index is 0.100. The molecule has 3 aromatic rings. The van der Waals surface area contributed by atoms with Gasteiger partial charge in [-0.1, -0.05) is 12.1 Å². The van der Waals surface area contributed by atoms with E-state index in [9.17, 15) is 9.59 Å². The Kier molecular flexibility index (Phi) is 5.78. The van der Waals surface area contributed by atoms with Crippen LogP contribution in [0.25, 0.3) is 6.08 Å². The molecular weight excluding hydrogens is 442 g/mol. The fraction of sp³-hybridized carbons (Fsp3) is 0.185. The van der Waals surface area contributed by atoms with Crippen LogP contribution in [0, 0.1) is 0 Å². The number of pyridine rings is 1. The number of carbonyl (C=O) groups excluding carboxylic acids is 2. The van der Waals surface area contributed by atoms with Crippen molar-refractivity contribution in [2.24, 2.45) is 4.99 Å². The van der Waals surface area contributed by atoms with Gasteiger partial charge in [-0.05, 0) is 67.4 Å². The summed E-state index contributed by atoms with van der Waals surface area (Å²) in [6.07, 6.45) is 4.88. The number of aliphatic imine (C=N–C) groups is 1. The van der Waals surface area contributed by atoms with E-state index in [0.717, 1.165) is 35.7 Å². The SMILES string of the molecule is CC1(C)NC(=O)c2ccc(NC(=O)C=Cc3cccc(Oc4ccnc(C5=NCCN5)c4)c3)cc21. The van der Waals surface area contributed by atoms with Crippen LogP contribution in [-0.2, 0) is 10.3 Å². The number of nitrogens with one attached hydrogen (secondary N) is 3. The van der Waals surface area contributed by atoms with Gasteiger partial charge in [0, 0.05) is 36.1 Å². The number of rotatable bonds is 6. The normalized spacial score (nSPS) is 15.8. The predicted octanol–water partition coefficient (Wildman–Crippen LogP) is 3.85. The third-order valence-electron chi connectivity index (χ3n) is 5.80. The number of aromatic nitrogens is 1. The first-order valence-corrected chi connectivity index (χ1v) is 11.4. The Balaban J connectivity index is 1.25. The van der Waals surface area contributed by atoms with E-state index in [1.807, 2.05) is 50.2 Å². The topological polar surface area (TPSA) is 105 Å². The van der Waals surface area contributed by atoms with Gasteiger partial charge >= 0.3 is 0 Å². The Bertz CT molecular complexity index is 1380. The fourth-order valence-corrected chi connectivity index (χ4v) is 4.10. The highest BCUT2D eigenvalue weighted by Gasteiger charge is 2.34. The zero-order chi connectivity index (χ0) is 24.4. The van der Waals surface area contributed by atoms with Crippen molar-refractivity contribution in [1.29, 1.82) is 0 Å². The van der Waals surface area contributed by atoms with Crippen LogP contribution in [0.1, 0.15) is 41.0 Å². The number of hydrogen-bond acceptors (Lipinski definition) is 6. The molecule has 3 N–H and O–H groups in total. The zero-order valence-corrected chi connectivity index (χ0v) is 19.5. The van der Waals surface area contributed by atoms with Crippen LogP contribution in [-0.4, -0.2) is 35.7 Å². The highest BCUT2D eigenvalue weighted by atomic mass is 16.5. The highest BCUT2D eigenvalue weighted by molar-refractivity contribution is 6.04. The smallest absolute Gasteiger partial charge is 0.252 e. The summed E-state index contributed by atoms with van der Waals surface area (Å²) < 4.78 is 6.00. The van der Waals surface area contributed by atoms with Crippen LogP contribution in [0.4, 0.5) is 5.69 Å². The third kappa shape index (κ3) is 4.91. The van der Waals surface area contributed by atoms with Crippen molar-refractivity contribution >= 4 is 29.4 Å². The second-order valence-electron chi connectivity index (χ2n) is 8.87.